The second-order valence-corrected chi connectivity index (χ2v) is 8.40. The number of benzene rings is 2. The number of hydrogen-bond acceptors (Lipinski definition) is 3. The van der Waals surface area contributed by atoms with Crippen molar-refractivity contribution in [3.05, 3.63) is 58.4 Å². The molecule has 2 aromatic rings. The normalized spacial score (nSPS) is 11.7. The number of nitrogens with zero attached hydrogens (tertiary/aromatic N) is 1. The molecule has 0 aliphatic rings. The second-order valence-electron chi connectivity index (χ2n) is 6.46. The molecule has 0 bridgehead atoms. The standard InChI is InChI=1S/C20H25FN2O3S/c1-6-23(7-2)27(25,26)16-8-9-18(21)17(12-16)20(24)22-19-14(4)10-13(3)11-15(19)5/h8-12H,6-7H2,1-5H3,(H,22,24). The van der Waals surface area contributed by atoms with Gasteiger partial charge in [-0.3, -0.25) is 4.79 Å². The van der Waals surface area contributed by atoms with Crippen molar-refractivity contribution < 1.29 is 17.6 Å². The first kappa shape index (κ1) is 21.1. The summed E-state index contributed by atoms with van der Waals surface area (Å²) in [5.41, 5.74) is 3.06. The lowest BCUT2D eigenvalue weighted by Gasteiger charge is -2.19. The van der Waals surface area contributed by atoms with Gasteiger partial charge in [-0.2, -0.15) is 4.31 Å². The number of amides is 1. The van der Waals surface area contributed by atoms with Gasteiger partial charge in [0, 0.05) is 18.8 Å². The van der Waals surface area contributed by atoms with Gasteiger partial charge >= 0.3 is 0 Å². The second kappa shape index (κ2) is 8.19. The monoisotopic (exact) mass is 392 g/mol. The maximum Gasteiger partial charge on any atom is 0.258 e. The average Bonchev–Trinajstić information content (AvgIpc) is 2.58. The predicted molar refractivity (Wildman–Crippen MR) is 105 cm³/mol. The molecule has 0 saturated carbocycles. The molecule has 0 radical (unpaired) electrons. The van der Waals surface area contributed by atoms with Crippen LogP contribution in [0, 0.1) is 26.6 Å². The van der Waals surface area contributed by atoms with Gasteiger partial charge in [0.1, 0.15) is 5.82 Å². The molecule has 2 rings (SSSR count). The van der Waals surface area contributed by atoms with E-state index >= 15 is 0 Å². The fraction of sp³-hybridized carbons (Fsp3) is 0.350. The molecule has 2 aromatic carbocycles. The zero-order valence-corrected chi connectivity index (χ0v) is 17.1. The first-order chi connectivity index (χ1) is 12.6. The number of nitrogens with one attached hydrogen (secondary N) is 1. The number of rotatable bonds is 6. The van der Waals surface area contributed by atoms with E-state index in [9.17, 15) is 17.6 Å². The van der Waals surface area contributed by atoms with Crippen molar-refractivity contribution in [1.82, 2.24) is 4.31 Å². The molecular weight excluding hydrogens is 367 g/mol. The third-order valence-electron chi connectivity index (χ3n) is 4.44. The quantitative estimate of drug-likeness (QED) is 0.807. The van der Waals surface area contributed by atoms with E-state index < -0.39 is 21.7 Å². The Balaban J connectivity index is 2.43. The number of sulfonamides is 1. The predicted octanol–water partition coefficient (Wildman–Crippen LogP) is 4.03. The van der Waals surface area contributed by atoms with Gasteiger partial charge in [0.2, 0.25) is 10.0 Å². The highest BCUT2D eigenvalue weighted by Gasteiger charge is 2.24. The summed E-state index contributed by atoms with van der Waals surface area (Å²) in [6.07, 6.45) is 0. The fourth-order valence-corrected chi connectivity index (χ4v) is 4.59. The molecule has 1 N–H and O–H groups in total. The van der Waals surface area contributed by atoms with Crippen LogP contribution in [-0.2, 0) is 10.0 Å². The third kappa shape index (κ3) is 4.36. The summed E-state index contributed by atoms with van der Waals surface area (Å²) in [6, 6.07) is 7.12. The van der Waals surface area contributed by atoms with E-state index in [1.165, 1.54) is 10.4 Å². The van der Waals surface area contributed by atoms with Gasteiger partial charge in [-0.1, -0.05) is 31.5 Å². The van der Waals surface area contributed by atoms with Crippen molar-refractivity contribution in [1.29, 1.82) is 0 Å². The van der Waals surface area contributed by atoms with Gasteiger partial charge in [0.15, 0.2) is 0 Å². The number of carbonyl (C=O) groups excluding carboxylic acids is 1. The number of hydrogen-bond donors (Lipinski definition) is 1. The Morgan fingerprint density at radius 3 is 2.11 bits per heavy atom. The first-order valence-electron chi connectivity index (χ1n) is 8.80. The van der Waals surface area contributed by atoms with E-state index in [1.54, 1.807) is 13.8 Å². The molecule has 1 amide bonds. The van der Waals surface area contributed by atoms with Crippen molar-refractivity contribution in [2.24, 2.45) is 0 Å². The highest BCUT2D eigenvalue weighted by Crippen LogP contribution is 2.24. The minimum Gasteiger partial charge on any atom is -0.321 e. The van der Waals surface area contributed by atoms with E-state index in [0.29, 0.717) is 18.8 Å². The van der Waals surface area contributed by atoms with Gasteiger partial charge in [0.25, 0.3) is 5.91 Å². The minimum absolute atomic E-state index is 0.102. The summed E-state index contributed by atoms with van der Waals surface area (Å²) < 4.78 is 40.8. The van der Waals surface area contributed by atoms with Crippen molar-refractivity contribution in [2.75, 3.05) is 18.4 Å². The Labute approximate surface area is 160 Å². The Kier molecular flexibility index (Phi) is 6.38. The molecular formula is C20H25FN2O3S. The molecule has 5 nitrogen and oxygen atoms in total. The summed E-state index contributed by atoms with van der Waals surface area (Å²) in [5.74, 6) is -1.45. The maximum atomic E-state index is 14.3. The van der Waals surface area contributed by atoms with Crippen molar-refractivity contribution in [3.63, 3.8) is 0 Å². The van der Waals surface area contributed by atoms with Gasteiger partial charge in [0.05, 0.1) is 10.5 Å². The van der Waals surface area contributed by atoms with Crippen LogP contribution in [0.1, 0.15) is 40.9 Å². The molecule has 7 heteroatoms. The maximum absolute atomic E-state index is 14.3. The van der Waals surface area contributed by atoms with Crippen LogP contribution in [0.4, 0.5) is 10.1 Å². The fourth-order valence-electron chi connectivity index (χ4n) is 3.11. The highest BCUT2D eigenvalue weighted by molar-refractivity contribution is 7.89. The lowest BCUT2D eigenvalue weighted by Crippen LogP contribution is -2.31. The molecule has 0 saturated heterocycles. The summed E-state index contributed by atoms with van der Waals surface area (Å²) in [7, 11) is -3.78. The summed E-state index contributed by atoms with van der Waals surface area (Å²) in [5, 5.41) is 2.71. The van der Waals surface area contributed by atoms with Crippen LogP contribution in [0.3, 0.4) is 0 Å². The molecule has 0 heterocycles. The molecule has 0 atom stereocenters. The largest absolute Gasteiger partial charge is 0.321 e. The molecule has 0 aliphatic heterocycles. The van der Waals surface area contributed by atoms with Gasteiger partial charge in [-0.15, -0.1) is 0 Å². The number of halogens is 1. The van der Waals surface area contributed by atoms with Gasteiger partial charge in [-0.05, 0) is 50.1 Å². The molecule has 146 valence electrons. The van der Waals surface area contributed by atoms with Crippen LogP contribution >= 0.6 is 0 Å². The number of anilines is 1. The lowest BCUT2D eigenvalue weighted by molar-refractivity contribution is 0.102. The SMILES string of the molecule is CCN(CC)S(=O)(=O)c1ccc(F)c(C(=O)Nc2c(C)cc(C)cc2C)c1. The molecule has 27 heavy (non-hydrogen) atoms. The highest BCUT2D eigenvalue weighted by atomic mass is 32.2. The minimum atomic E-state index is -3.78. The summed E-state index contributed by atoms with van der Waals surface area (Å²) >= 11 is 0. The smallest absolute Gasteiger partial charge is 0.258 e. The molecule has 0 aromatic heterocycles. The van der Waals surface area contributed by atoms with Crippen molar-refractivity contribution in [3.8, 4) is 0 Å². The van der Waals surface area contributed by atoms with Crippen LogP contribution in [0.15, 0.2) is 35.2 Å². The van der Waals surface area contributed by atoms with E-state index in [1.807, 2.05) is 32.9 Å². The lowest BCUT2D eigenvalue weighted by atomic mass is 10.0. The summed E-state index contributed by atoms with van der Waals surface area (Å²) in [4.78, 5) is 12.6. The van der Waals surface area contributed by atoms with E-state index in [4.69, 9.17) is 0 Å². The van der Waals surface area contributed by atoms with Crippen molar-refractivity contribution in [2.45, 2.75) is 39.5 Å². The Morgan fingerprint density at radius 2 is 1.59 bits per heavy atom. The molecule has 0 aliphatic carbocycles. The molecule has 0 fully saturated rings. The van der Waals surface area contributed by atoms with Crippen LogP contribution in [0.2, 0.25) is 0 Å². The van der Waals surface area contributed by atoms with Crippen LogP contribution in [0.5, 0.6) is 0 Å². The third-order valence-corrected chi connectivity index (χ3v) is 6.49. The van der Waals surface area contributed by atoms with Crippen LogP contribution < -0.4 is 5.32 Å². The molecule has 0 spiro atoms. The number of carbonyl (C=O) groups is 1. The molecule has 0 unspecified atom stereocenters. The Hall–Kier alpha value is -2.25. The first-order valence-corrected chi connectivity index (χ1v) is 10.2. The van der Waals surface area contributed by atoms with E-state index in [0.717, 1.165) is 28.8 Å². The van der Waals surface area contributed by atoms with Crippen LogP contribution in [-0.4, -0.2) is 31.7 Å². The van der Waals surface area contributed by atoms with Gasteiger partial charge in [-0.25, -0.2) is 12.8 Å². The average molecular weight is 392 g/mol. The van der Waals surface area contributed by atoms with E-state index in [2.05, 4.69) is 5.32 Å². The summed E-state index contributed by atoms with van der Waals surface area (Å²) in [6.45, 7) is 9.69. The Bertz CT molecular complexity index is 944. The zero-order chi connectivity index (χ0) is 20.4. The Morgan fingerprint density at radius 1 is 1.04 bits per heavy atom. The van der Waals surface area contributed by atoms with Gasteiger partial charge < -0.3 is 5.32 Å². The van der Waals surface area contributed by atoms with Crippen molar-refractivity contribution >= 4 is 21.6 Å². The zero-order valence-electron chi connectivity index (χ0n) is 16.3. The topological polar surface area (TPSA) is 66.5 Å². The van der Waals surface area contributed by atoms with E-state index in [-0.39, 0.29) is 10.5 Å². The number of aryl methyl sites for hydroxylation is 3. The van der Waals surface area contributed by atoms with Crippen LogP contribution in [0.25, 0.3) is 0 Å².